The number of nitrogens with one attached hydrogen (secondary N) is 1. The number of amides is 1. The lowest BCUT2D eigenvalue weighted by molar-refractivity contribution is -0.113. The van der Waals surface area contributed by atoms with E-state index in [2.05, 4.69) is 44.2 Å². The van der Waals surface area contributed by atoms with Gasteiger partial charge in [-0.2, -0.15) is 0 Å². The van der Waals surface area contributed by atoms with Crippen LogP contribution in [0.3, 0.4) is 0 Å². The minimum absolute atomic E-state index is 0.0669. The van der Waals surface area contributed by atoms with E-state index in [-0.39, 0.29) is 11.7 Å². The molecule has 0 radical (unpaired) electrons. The Labute approximate surface area is 221 Å². The molecule has 0 spiro atoms. The normalized spacial score (nSPS) is 13.2. The van der Waals surface area contributed by atoms with Crippen molar-refractivity contribution in [2.45, 2.75) is 48.7 Å². The Kier molecular flexibility index (Phi) is 6.69. The lowest BCUT2D eigenvalue weighted by Crippen LogP contribution is -2.14. The highest BCUT2D eigenvalue weighted by Crippen LogP contribution is 2.40. The molecule has 182 valence electrons. The average molecular weight is 532 g/mol. The minimum Gasteiger partial charge on any atom is -0.325 e. The number of hydrogen-bond donors (Lipinski definition) is 1. The summed E-state index contributed by atoms with van der Waals surface area (Å²) in [6.45, 7) is 2.01. The molecule has 5 aromatic rings. The maximum atomic E-state index is 12.7. The topological polar surface area (TPSA) is 72.2 Å². The number of hydrogen-bond acceptors (Lipinski definition) is 7. The van der Waals surface area contributed by atoms with Crippen molar-refractivity contribution in [1.82, 2.24) is 19.6 Å². The molecule has 0 bridgehead atoms. The van der Waals surface area contributed by atoms with E-state index >= 15 is 0 Å². The van der Waals surface area contributed by atoms with Gasteiger partial charge in [-0.15, -0.1) is 21.5 Å². The molecule has 6 rings (SSSR count). The number of aryl methyl sites for hydroxylation is 3. The molecule has 0 fully saturated rings. The van der Waals surface area contributed by atoms with Gasteiger partial charge in [0.25, 0.3) is 0 Å². The molecule has 6 nitrogen and oxygen atoms in total. The summed E-state index contributed by atoms with van der Waals surface area (Å²) in [6.07, 6.45) is 4.61. The van der Waals surface area contributed by atoms with Crippen molar-refractivity contribution in [2.75, 3.05) is 11.1 Å². The Balaban J connectivity index is 1.33. The van der Waals surface area contributed by atoms with Gasteiger partial charge in [-0.3, -0.25) is 4.79 Å². The van der Waals surface area contributed by atoms with Gasteiger partial charge in [0.1, 0.15) is 4.83 Å². The molecule has 0 atom stereocenters. The van der Waals surface area contributed by atoms with Gasteiger partial charge in [-0.25, -0.2) is 9.38 Å². The molecule has 0 saturated carbocycles. The molecule has 1 aliphatic carbocycles. The highest BCUT2D eigenvalue weighted by molar-refractivity contribution is 8.00. The van der Waals surface area contributed by atoms with Crippen molar-refractivity contribution >= 4 is 62.3 Å². The summed E-state index contributed by atoms with van der Waals surface area (Å²) in [7, 11) is 0. The third-order valence-corrected chi connectivity index (χ3v) is 9.37. The number of fused-ring (bicyclic) bond motifs is 5. The molecule has 0 unspecified atom stereocenters. The molecule has 1 N–H and O–H groups in total. The highest BCUT2D eigenvalue weighted by Gasteiger charge is 2.24. The predicted molar refractivity (Wildman–Crippen MR) is 149 cm³/mol. The van der Waals surface area contributed by atoms with Crippen molar-refractivity contribution in [3.63, 3.8) is 0 Å². The molecule has 0 aliphatic heterocycles. The SMILES string of the molecule is Cc1cccc(NC(=O)CSc2nnc3c4c5c(sc4nc(SCc4ccccc4)n23)CCCC5)c1. The van der Waals surface area contributed by atoms with Crippen LogP contribution in [0.25, 0.3) is 15.9 Å². The summed E-state index contributed by atoms with van der Waals surface area (Å²) in [5, 5.41) is 14.9. The van der Waals surface area contributed by atoms with Crippen LogP contribution in [0, 0.1) is 6.92 Å². The molecule has 0 saturated heterocycles. The van der Waals surface area contributed by atoms with E-state index in [4.69, 9.17) is 4.98 Å². The maximum absolute atomic E-state index is 12.7. The lowest BCUT2D eigenvalue weighted by Gasteiger charge is -2.11. The fraction of sp³-hybridized carbons (Fsp3) is 0.259. The van der Waals surface area contributed by atoms with Crippen LogP contribution >= 0.6 is 34.9 Å². The van der Waals surface area contributed by atoms with Crippen LogP contribution in [0.1, 0.15) is 34.4 Å². The number of nitrogens with zero attached hydrogens (tertiary/aromatic N) is 4. The fourth-order valence-corrected chi connectivity index (χ4v) is 7.61. The second kappa shape index (κ2) is 10.2. The largest absolute Gasteiger partial charge is 0.325 e. The van der Waals surface area contributed by atoms with Crippen LogP contribution in [0.4, 0.5) is 5.69 Å². The van der Waals surface area contributed by atoms with Crippen molar-refractivity contribution in [3.05, 3.63) is 76.2 Å². The first-order valence-electron chi connectivity index (χ1n) is 12.0. The third-order valence-electron chi connectivity index (χ3n) is 6.24. The maximum Gasteiger partial charge on any atom is 0.234 e. The van der Waals surface area contributed by atoms with Crippen molar-refractivity contribution in [3.8, 4) is 0 Å². The lowest BCUT2D eigenvalue weighted by atomic mass is 9.97. The highest BCUT2D eigenvalue weighted by atomic mass is 32.2. The van der Waals surface area contributed by atoms with Crippen LogP contribution in [0.15, 0.2) is 64.9 Å². The van der Waals surface area contributed by atoms with E-state index in [0.29, 0.717) is 5.16 Å². The summed E-state index contributed by atoms with van der Waals surface area (Å²) in [5.74, 6) is 0.982. The monoisotopic (exact) mass is 531 g/mol. The smallest absolute Gasteiger partial charge is 0.234 e. The van der Waals surface area contributed by atoms with E-state index in [1.165, 1.54) is 40.6 Å². The second-order valence-corrected chi connectivity index (χ2v) is 11.9. The van der Waals surface area contributed by atoms with E-state index in [1.807, 2.05) is 37.3 Å². The van der Waals surface area contributed by atoms with E-state index in [9.17, 15) is 4.79 Å². The summed E-state index contributed by atoms with van der Waals surface area (Å²) in [4.78, 5) is 20.3. The standard InChI is InChI=1S/C27H25N5OS3/c1-17-8-7-11-19(14-17)28-22(33)16-35-27-31-30-24-23-20-12-5-6-13-21(20)36-25(23)29-26(32(24)27)34-15-18-9-3-2-4-10-18/h2-4,7-11,14H,5-6,12-13,15-16H2,1H3,(H,28,33). The fourth-order valence-electron chi connectivity index (χ4n) is 4.56. The first kappa shape index (κ1) is 23.5. The molecule has 36 heavy (non-hydrogen) atoms. The molecular weight excluding hydrogens is 507 g/mol. The summed E-state index contributed by atoms with van der Waals surface area (Å²) < 4.78 is 2.06. The number of thiophene rings is 1. The van der Waals surface area contributed by atoms with Gasteiger partial charge < -0.3 is 5.32 Å². The minimum atomic E-state index is -0.0669. The number of carbonyl (C=O) groups is 1. The van der Waals surface area contributed by atoms with Crippen LogP contribution in [-0.2, 0) is 23.4 Å². The third kappa shape index (κ3) is 4.75. The van der Waals surface area contributed by atoms with E-state index in [0.717, 1.165) is 50.9 Å². The molecule has 2 aromatic carbocycles. The molecule has 9 heteroatoms. The molecular formula is C27H25N5OS3. The van der Waals surface area contributed by atoms with Gasteiger partial charge in [0.2, 0.25) is 5.91 Å². The zero-order chi connectivity index (χ0) is 24.5. The van der Waals surface area contributed by atoms with Crippen molar-refractivity contribution in [2.24, 2.45) is 0 Å². The number of benzene rings is 2. The van der Waals surface area contributed by atoms with Gasteiger partial charge in [0.05, 0.1) is 11.1 Å². The van der Waals surface area contributed by atoms with Gasteiger partial charge in [-0.05, 0) is 61.4 Å². The van der Waals surface area contributed by atoms with E-state index < -0.39 is 0 Å². The summed E-state index contributed by atoms with van der Waals surface area (Å²) >= 11 is 4.89. The number of rotatable bonds is 7. The first-order chi connectivity index (χ1) is 17.7. The second-order valence-electron chi connectivity index (χ2n) is 8.91. The van der Waals surface area contributed by atoms with Crippen LogP contribution in [-0.4, -0.2) is 31.2 Å². The van der Waals surface area contributed by atoms with Crippen LogP contribution in [0.5, 0.6) is 0 Å². The van der Waals surface area contributed by atoms with Gasteiger partial charge >= 0.3 is 0 Å². The first-order valence-corrected chi connectivity index (χ1v) is 14.8. The zero-order valence-corrected chi connectivity index (χ0v) is 22.3. The predicted octanol–water partition coefficient (Wildman–Crippen LogP) is 6.55. The van der Waals surface area contributed by atoms with Gasteiger partial charge in [-0.1, -0.05) is 66.0 Å². The van der Waals surface area contributed by atoms with Crippen LogP contribution in [0.2, 0.25) is 0 Å². The summed E-state index contributed by atoms with van der Waals surface area (Å²) in [6, 6.07) is 18.2. The van der Waals surface area contributed by atoms with Crippen molar-refractivity contribution < 1.29 is 4.79 Å². The zero-order valence-electron chi connectivity index (χ0n) is 19.9. The Morgan fingerprint density at radius 1 is 1.03 bits per heavy atom. The molecule has 1 amide bonds. The molecule has 3 aromatic heterocycles. The Morgan fingerprint density at radius 3 is 2.75 bits per heavy atom. The Morgan fingerprint density at radius 2 is 1.89 bits per heavy atom. The molecule has 1 aliphatic rings. The average Bonchev–Trinajstić information content (AvgIpc) is 3.48. The number of carbonyl (C=O) groups excluding carboxylic acids is 1. The molecule has 3 heterocycles. The van der Waals surface area contributed by atoms with Gasteiger partial charge in [0, 0.05) is 16.3 Å². The van der Waals surface area contributed by atoms with Crippen LogP contribution < -0.4 is 5.32 Å². The Bertz CT molecular complexity index is 1560. The number of anilines is 1. The number of aromatic nitrogens is 4. The number of thioether (sulfide) groups is 2. The van der Waals surface area contributed by atoms with Gasteiger partial charge in [0.15, 0.2) is 16.0 Å². The quantitative estimate of drug-likeness (QED) is 0.190. The van der Waals surface area contributed by atoms with E-state index in [1.54, 1.807) is 23.1 Å². The van der Waals surface area contributed by atoms with Crippen molar-refractivity contribution in [1.29, 1.82) is 0 Å². The Hall–Kier alpha value is -2.88. The summed E-state index contributed by atoms with van der Waals surface area (Å²) in [5.41, 5.74) is 5.40.